The summed E-state index contributed by atoms with van der Waals surface area (Å²) in [5.41, 5.74) is 9.88. The number of hydrogen-bond donors (Lipinski definition) is 0. The Bertz CT molecular complexity index is 1920. The van der Waals surface area contributed by atoms with Crippen molar-refractivity contribution in [2.75, 3.05) is 0 Å². The van der Waals surface area contributed by atoms with Gasteiger partial charge in [-0.1, -0.05) is 138 Å². The number of halogens is 2. The van der Waals surface area contributed by atoms with Gasteiger partial charge < -0.3 is 24.8 Å². The minimum atomic E-state index is -1.21. The Balaban J connectivity index is 0.000000303. The van der Waals surface area contributed by atoms with E-state index in [1.165, 1.54) is 78.5 Å². The summed E-state index contributed by atoms with van der Waals surface area (Å²) in [7, 11) is -1.21. The third kappa shape index (κ3) is 11.8. The van der Waals surface area contributed by atoms with Gasteiger partial charge in [-0.25, -0.2) is 0 Å². The summed E-state index contributed by atoms with van der Waals surface area (Å²) in [5, 5.41) is 7.03. The molecule has 0 radical (unpaired) electrons. The first-order valence-corrected chi connectivity index (χ1v) is 27.6. The Labute approximate surface area is 332 Å². The number of hydrogen-bond acceptors (Lipinski definition) is 0. The summed E-state index contributed by atoms with van der Waals surface area (Å²) in [6, 6.07) is 41.0. The van der Waals surface area contributed by atoms with Crippen molar-refractivity contribution in [3.05, 3.63) is 126 Å². The van der Waals surface area contributed by atoms with E-state index >= 15 is 0 Å². The fourth-order valence-corrected chi connectivity index (χ4v) is 7.51. The topological polar surface area (TPSA) is 0 Å². The first-order chi connectivity index (χ1) is 22.8. The maximum absolute atomic E-state index is 2.40. The normalized spacial score (nSPS) is 11.5. The minimum Gasteiger partial charge on any atom is -1.00 e. The van der Waals surface area contributed by atoms with E-state index in [-0.39, 0.29) is 30.2 Å². The first-order valence-electron chi connectivity index (χ1n) is 17.9. The van der Waals surface area contributed by atoms with E-state index in [4.69, 9.17) is 0 Å². The predicted octanol–water partition coefficient (Wildman–Crippen LogP) is 7.38. The van der Waals surface area contributed by atoms with E-state index in [0.717, 1.165) is 6.42 Å². The number of fused-ring (bicyclic) bond motifs is 2. The van der Waals surface area contributed by atoms with Crippen molar-refractivity contribution in [3.63, 3.8) is 0 Å². The van der Waals surface area contributed by atoms with Crippen LogP contribution in [-0.2, 0) is 29.8 Å². The summed E-state index contributed by atoms with van der Waals surface area (Å²) in [5.74, 6) is 1.23. The molecule has 0 saturated heterocycles. The van der Waals surface area contributed by atoms with Crippen LogP contribution >= 0.6 is 0 Å². The van der Waals surface area contributed by atoms with Gasteiger partial charge in [0.2, 0.25) is 0 Å². The second-order valence-corrected chi connectivity index (χ2v) is 29.4. The van der Waals surface area contributed by atoms with Crippen molar-refractivity contribution in [3.8, 4) is 22.3 Å². The zero-order valence-corrected chi connectivity index (χ0v) is 37.9. The molecule has 5 heteroatoms. The molecule has 0 aliphatic rings. The summed E-state index contributed by atoms with van der Waals surface area (Å²) in [4.78, 5) is 0. The van der Waals surface area contributed by atoms with Gasteiger partial charge >= 0.3 is 41.9 Å². The average Bonchev–Trinajstić information content (AvgIpc) is 3.69. The van der Waals surface area contributed by atoms with Crippen molar-refractivity contribution in [1.29, 1.82) is 0 Å². The van der Waals surface area contributed by atoms with Crippen molar-refractivity contribution in [2.45, 2.75) is 98.5 Å². The molecule has 0 aromatic heterocycles. The number of rotatable bonds is 8. The molecule has 0 nitrogen and oxygen atoms in total. The van der Waals surface area contributed by atoms with Gasteiger partial charge in [0.15, 0.2) is 0 Å². The first kappa shape index (κ1) is 44.2. The van der Waals surface area contributed by atoms with Crippen LogP contribution in [0, 0.1) is 0 Å². The molecule has 6 rings (SSSR count). The van der Waals surface area contributed by atoms with Crippen LogP contribution in [0.3, 0.4) is 0 Å². The number of benzene rings is 4. The quantitative estimate of drug-likeness (QED) is 0.111. The predicted molar refractivity (Wildman–Crippen MR) is 217 cm³/mol. The second-order valence-electron chi connectivity index (χ2n) is 14.9. The smallest absolute Gasteiger partial charge is 1.00 e. The van der Waals surface area contributed by atoms with E-state index in [2.05, 4.69) is 177 Å². The Hall–Kier alpha value is -2.00. The number of aryl methyl sites for hydroxylation is 1. The Morgan fingerprint density at radius 3 is 1.62 bits per heavy atom. The molecule has 0 fully saturated rings. The van der Waals surface area contributed by atoms with Gasteiger partial charge in [0.25, 0.3) is 0 Å². The molecule has 0 amide bonds. The molecule has 1 unspecified atom stereocenters. The molecule has 6 aromatic carbocycles. The maximum Gasteiger partial charge on any atom is -1.00 e. The summed E-state index contributed by atoms with van der Waals surface area (Å²) >= 11 is 1.74. The van der Waals surface area contributed by atoms with Gasteiger partial charge in [0.05, 0.1) is 8.07 Å². The Morgan fingerprint density at radius 2 is 1.16 bits per heavy atom. The van der Waals surface area contributed by atoms with E-state index in [1.807, 2.05) is 0 Å². The third-order valence-corrected chi connectivity index (χ3v) is 11.3. The fraction of sp³-hybridized carbons (Fsp3) is 0.333. The van der Waals surface area contributed by atoms with Gasteiger partial charge in [0, 0.05) is 0 Å². The SMILES string of the molecule is CCCC(C)c1cc2c(-c3ccc(C(C)C)cc3)cccc2[cH-]1.CCc1cc2c(-c3ccc([Si](C)(C)C)cc3)cccc2[cH-]1.C[Si](C)=[Zr+2].[Cl-].[Cl-]. The summed E-state index contributed by atoms with van der Waals surface area (Å²) in [6.45, 7) is 23.1. The molecular weight excluding hydrogens is 759 g/mol. The molecule has 6 aromatic rings. The van der Waals surface area contributed by atoms with Crippen LogP contribution in [0.25, 0.3) is 43.8 Å². The Morgan fingerprint density at radius 1 is 0.680 bits per heavy atom. The molecule has 0 aliphatic carbocycles. The molecule has 0 saturated carbocycles. The van der Waals surface area contributed by atoms with Gasteiger partial charge in [0.1, 0.15) is 0 Å². The molecule has 0 heterocycles. The maximum atomic E-state index is 2.40. The van der Waals surface area contributed by atoms with Crippen LogP contribution in [0.15, 0.2) is 109 Å². The van der Waals surface area contributed by atoms with Gasteiger partial charge in [-0.2, -0.15) is 12.1 Å². The van der Waals surface area contributed by atoms with Crippen molar-refractivity contribution in [1.82, 2.24) is 0 Å². The molecular formula is C45H56Cl2Si2Zr-2. The largest absolute Gasteiger partial charge is 1.00 e. The van der Waals surface area contributed by atoms with Crippen LogP contribution in [0.1, 0.15) is 76.0 Å². The molecule has 0 bridgehead atoms. The van der Waals surface area contributed by atoms with Crippen molar-refractivity contribution in [2.24, 2.45) is 0 Å². The zero-order valence-electron chi connectivity index (χ0n) is 31.9. The van der Waals surface area contributed by atoms with Crippen LogP contribution < -0.4 is 30.0 Å². The van der Waals surface area contributed by atoms with Crippen LogP contribution in [0.4, 0.5) is 0 Å². The van der Waals surface area contributed by atoms with Crippen molar-refractivity contribution < 1.29 is 48.1 Å². The standard InChI is InChI=1S/C23H27.C20H23Si.C2H6Si.2ClH.Zr/c1-5-7-17(4)21-14-20-8-6-9-22(23(20)15-21)19-12-10-18(11-13-19)16(2)3;1-5-15-13-17-7-6-8-19(20(17)14-15)16-9-11-18(12-10-16)21(2,3)4;1-3-2;;;/h6,8-17H,5,7H2,1-4H3;6-14H,5H2,1-4H3;1-2H3;2*1H;/q2*-1;;;;+2/p-2. The molecule has 50 heavy (non-hydrogen) atoms. The monoisotopic (exact) mass is 812 g/mol. The van der Waals surface area contributed by atoms with E-state index < -0.39 is 8.07 Å². The molecule has 0 aliphatic heterocycles. The molecule has 264 valence electrons. The zero-order chi connectivity index (χ0) is 35.0. The third-order valence-electron chi connectivity index (χ3n) is 9.23. The van der Waals surface area contributed by atoms with Gasteiger partial charge in [-0.3, -0.25) is 0 Å². The van der Waals surface area contributed by atoms with E-state index in [9.17, 15) is 0 Å². The van der Waals surface area contributed by atoms with E-state index in [0.29, 0.717) is 11.8 Å². The Kier molecular flexibility index (Phi) is 17.9. The van der Waals surface area contributed by atoms with Gasteiger partial charge in [-0.15, -0.1) is 69.1 Å². The average molecular weight is 815 g/mol. The summed E-state index contributed by atoms with van der Waals surface area (Å²) in [6.07, 6.45) is 3.60. The van der Waals surface area contributed by atoms with Gasteiger partial charge in [-0.05, 0) is 41.4 Å². The van der Waals surface area contributed by atoms with Crippen LogP contribution in [0.2, 0.25) is 32.7 Å². The molecule has 0 N–H and O–H groups in total. The molecule has 0 spiro atoms. The van der Waals surface area contributed by atoms with E-state index in [1.54, 1.807) is 23.3 Å². The van der Waals surface area contributed by atoms with Crippen LogP contribution in [0.5, 0.6) is 0 Å². The van der Waals surface area contributed by atoms with Crippen molar-refractivity contribution >= 4 is 40.2 Å². The summed E-state index contributed by atoms with van der Waals surface area (Å²) < 4.78 is 0. The van der Waals surface area contributed by atoms with Crippen LogP contribution in [-0.4, -0.2) is 13.5 Å². The minimum absolute atomic E-state index is 0. The fourth-order valence-electron chi connectivity index (χ4n) is 6.34. The second kappa shape index (κ2) is 20.3. The molecule has 1 atom stereocenters.